The smallest absolute Gasteiger partial charge is 0.243 e. The third-order valence-electron chi connectivity index (χ3n) is 4.69. The Hall–Kier alpha value is -0.790. The Balaban J connectivity index is 1.75. The summed E-state index contributed by atoms with van der Waals surface area (Å²) in [4.78, 5) is 11.2. The van der Waals surface area contributed by atoms with Crippen LogP contribution < -0.4 is 5.32 Å². The lowest BCUT2D eigenvalue weighted by Crippen LogP contribution is -2.35. The lowest BCUT2D eigenvalue weighted by Gasteiger charge is -2.19. The second-order valence-corrected chi connectivity index (χ2v) is 6.87. The van der Waals surface area contributed by atoms with Crippen LogP contribution in [0.1, 0.15) is 103 Å². The Morgan fingerprint density at radius 1 is 0.864 bits per heavy atom. The van der Waals surface area contributed by atoms with Crippen LogP contribution in [-0.2, 0) is 4.79 Å². The van der Waals surface area contributed by atoms with Crippen LogP contribution in [0.15, 0.2) is 12.2 Å². The molecule has 0 unspecified atom stereocenters. The molecule has 1 atom stereocenters. The van der Waals surface area contributed by atoms with Gasteiger partial charge < -0.3 is 5.32 Å². The first-order valence-corrected chi connectivity index (χ1v) is 9.80. The van der Waals surface area contributed by atoms with Gasteiger partial charge in [0.1, 0.15) is 0 Å². The van der Waals surface area contributed by atoms with E-state index in [0.717, 1.165) is 12.8 Å². The van der Waals surface area contributed by atoms with E-state index < -0.39 is 0 Å². The van der Waals surface area contributed by atoms with Crippen LogP contribution in [0.5, 0.6) is 0 Å². The molecule has 0 aliphatic carbocycles. The van der Waals surface area contributed by atoms with Crippen LogP contribution >= 0.6 is 0 Å². The average molecular weight is 308 g/mol. The van der Waals surface area contributed by atoms with Crippen LogP contribution in [0, 0.1) is 0 Å². The highest BCUT2D eigenvalue weighted by Gasteiger charge is 2.12. The largest absolute Gasteiger partial charge is 0.350 e. The molecular weight excluding hydrogens is 270 g/mol. The number of unbranched alkanes of at least 4 members (excludes halogenated alkanes) is 12. The number of amides is 1. The lowest BCUT2D eigenvalue weighted by atomic mass is 10.0. The molecule has 1 aliphatic rings. The van der Waals surface area contributed by atoms with E-state index in [1.54, 1.807) is 6.08 Å². The molecule has 0 saturated heterocycles. The molecule has 0 aromatic carbocycles. The topological polar surface area (TPSA) is 29.1 Å². The van der Waals surface area contributed by atoms with Gasteiger partial charge in [0.15, 0.2) is 0 Å². The number of carbonyl (C=O) groups excluding carboxylic acids is 1. The molecule has 0 spiro atoms. The maximum Gasteiger partial charge on any atom is 0.243 e. The summed E-state index contributed by atoms with van der Waals surface area (Å²) in [5.41, 5.74) is 0. The molecule has 0 saturated carbocycles. The second kappa shape index (κ2) is 13.8. The fourth-order valence-electron chi connectivity index (χ4n) is 3.25. The molecule has 1 rings (SSSR count). The quantitative estimate of drug-likeness (QED) is 0.397. The molecule has 1 aliphatic heterocycles. The standard InChI is InChI=1S/C20H37NO/c1-2-3-4-5-6-7-8-9-10-11-12-13-14-16-19-17-15-18-20(22)21-19/h15,18-19H,2-14,16-17H2,1H3,(H,21,22)/t19-/m0/s1. The van der Waals surface area contributed by atoms with Gasteiger partial charge in [0.2, 0.25) is 5.91 Å². The minimum atomic E-state index is 0.0888. The third-order valence-corrected chi connectivity index (χ3v) is 4.69. The number of hydrogen-bond donors (Lipinski definition) is 1. The molecule has 1 heterocycles. The maximum absolute atomic E-state index is 11.2. The van der Waals surface area contributed by atoms with E-state index >= 15 is 0 Å². The number of hydrogen-bond acceptors (Lipinski definition) is 1. The molecule has 2 heteroatoms. The highest BCUT2D eigenvalue weighted by atomic mass is 16.1. The summed E-state index contributed by atoms with van der Waals surface area (Å²) in [7, 11) is 0. The van der Waals surface area contributed by atoms with E-state index in [2.05, 4.69) is 12.2 Å². The van der Waals surface area contributed by atoms with Crippen LogP contribution in [0.25, 0.3) is 0 Å². The van der Waals surface area contributed by atoms with Gasteiger partial charge in [-0.2, -0.15) is 0 Å². The fourth-order valence-corrected chi connectivity index (χ4v) is 3.25. The van der Waals surface area contributed by atoms with Gasteiger partial charge in [-0.15, -0.1) is 0 Å². The van der Waals surface area contributed by atoms with Crippen molar-refractivity contribution in [2.75, 3.05) is 0 Å². The van der Waals surface area contributed by atoms with E-state index in [1.807, 2.05) is 6.08 Å². The lowest BCUT2D eigenvalue weighted by molar-refractivity contribution is -0.117. The van der Waals surface area contributed by atoms with Gasteiger partial charge in [0.25, 0.3) is 0 Å². The van der Waals surface area contributed by atoms with E-state index in [-0.39, 0.29) is 5.91 Å². The van der Waals surface area contributed by atoms with E-state index in [4.69, 9.17) is 0 Å². The zero-order chi connectivity index (χ0) is 15.9. The van der Waals surface area contributed by atoms with E-state index in [0.29, 0.717) is 6.04 Å². The number of nitrogens with one attached hydrogen (secondary N) is 1. The highest BCUT2D eigenvalue weighted by Crippen LogP contribution is 2.14. The van der Waals surface area contributed by atoms with Gasteiger partial charge in [-0.25, -0.2) is 0 Å². The summed E-state index contributed by atoms with van der Waals surface area (Å²) in [6.07, 6.45) is 24.0. The minimum Gasteiger partial charge on any atom is -0.350 e. The average Bonchev–Trinajstić information content (AvgIpc) is 2.52. The van der Waals surface area contributed by atoms with Gasteiger partial charge in [0, 0.05) is 6.04 Å². The fraction of sp³-hybridized carbons (Fsp3) is 0.850. The predicted molar refractivity (Wildman–Crippen MR) is 96.0 cm³/mol. The Kier molecular flexibility index (Phi) is 12.1. The first kappa shape index (κ1) is 19.3. The Bertz CT molecular complexity index is 298. The van der Waals surface area contributed by atoms with Crippen LogP contribution in [-0.4, -0.2) is 11.9 Å². The van der Waals surface area contributed by atoms with Gasteiger partial charge in [-0.05, 0) is 18.9 Å². The zero-order valence-electron chi connectivity index (χ0n) is 14.7. The first-order valence-electron chi connectivity index (χ1n) is 9.80. The van der Waals surface area contributed by atoms with Gasteiger partial charge in [-0.1, -0.05) is 96.5 Å². The molecule has 2 nitrogen and oxygen atoms in total. The number of rotatable bonds is 14. The molecule has 1 N–H and O–H groups in total. The van der Waals surface area contributed by atoms with E-state index in [1.165, 1.54) is 83.5 Å². The van der Waals surface area contributed by atoms with Crippen molar-refractivity contribution in [2.45, 2.75) is 109 Å². The summed E-state index contributed by atoms with van der Waals surface area (Å²) in [6.45, 7) is 2.28. The van der Waals surface area contributed by atoms with Crippen LogP contribution in [0.3, 0.4) is 0 Å². The van der Waals surface area contributed by atoms with Crippen molar-refractivity contribution in [3.63, 3.8) is 0 Å². The van der Waals surface area contributed by atoms with Crippen LogP contribution in [0.4, 0.5) is 0 Å². The predicted octanol–water partition coefficient (Wildman–Crippen LogP) is 5.91. The van der Waals surface area contributed by atoms with Crippen molar-refractivity contribution >= 4 is 5.91 Å². The molecule has 0 aromatic heterocycles. The maximum atomic E-state index is 11.2. The second-order valence-electron chi connectivity index (χ2n) is 6.87. The first-order chi connectivity index (χ1) is 10.8. The molecule has 0 fully saturated rings. The van der Waals surface area contributed by atoms with Crippen LogP contribution in [0.2, 0.25) is 0 Å². The third kappa shape index (κ3) is 10.9. The molecule has 0 radical (unpaired) electrons. The molecular formula is C20H37NO. The Morgan fingerprint density at radius 2 is 1.36 bits per heavy atom. The summed E-state index contributed by atoms with van der Waals surface area (Å²) in [5.74, 6) is 0.0888. The Morgan fingerprint density at radius 3 is 1.86 bits per heavy atom. The molecule has 22 heavy (non-hydrogen) atoms. The summed E-state index contributed by atoms with van der Waals surface area (Å²) in [5, 5.41) is 3.03. The normalized spacial score (nSPS) is 17.7. The molecule has 128 valence electrons. The zero-order valence-corrected chi connectivity index (χ0v) is 14.7. The van der Waals surface area contributed by atoms with Gasteiger partial charge in [0.05, 0.1) is 0 Å². The van der Waals surface area contributed by atoms with Gasteiger partial charge in [-0.3, -0.25) is 4.79 Å². The molecule has 0 bridgehead atoms. The summed E-state index contributed by atoms with van der Waals surface area (Å²) < 4.78 is 0. The highest BCUT2D eigenvalue weighted by molar-refractivity contribution is 5.88. The number of carbonyl (C=O) groups is 1. The molecule has 1 amide bonds. The monoisotopic (exact) mass is 307 g/mol. The SMILES string of the molecule is CCCCCCCCCCCCCCC[C@H]1CC=CC(=O)N1. The van der Waals surface area contributed by atoms with Crippen molar-refractivity contribution in [2.24, 2.45) is 0 Å². The summed E-state index contributed by atoms with van der Waals surface area (Å²) in [6, 6.07) is 0.394. The summed E-state index contributed by atoms with van der Waals surface area (Å²) >= 11 is 0. The van der Waals surface area contributed by atoms with Crippen molar-refractivity contribution in [3.05, 3.63) is 12.2 Å². The minimum absolute atomic E-state index is 0.0888. The van der Waals surface area contributed by atoms with Crippen molar-refractivity contribution in [1.82, 2.24) is 5.32 Å². The van der Waals surface area contributed by atoms with Crippen molar-refractivity contribution < 1.29 is 4.79 Å². The van der Waals surface area contributed by atoms with E-state index in [9.17, 15) is 4.79 Å². The molecule has 0 aromatic rings. The van der Waals surface area contributed by atoms with Gasteiger partial charge >= 0.3 is 0 Å². The van der Waals surface area contributed by atoms with Crippen molar-refractivity contribution in [3.8, 4) is 0 Å². The van der Waals surface area contributed by atoms with Crippen molar-refractivity contribution in [1.29, 1.82) is 0 Å². The Labute approximate surface area is 138 Å².